The number of hydrogen-bond acceptors (Lipinski definition) is 1. The molecule has 0 bridgehead atoms. The Morgan fingerprint density at radius 2 is 1.81 bits per heavy atom. The Labute approximate surface area is 130 Å². The fraction of sp³-hybridized carbons (Fsp3) is 0.0556. The molecule has 0 atom stereocenters. The van der Waals surface area contributed by atoms with E-state index in [1.165, 1.54) is 18.2 Å². The third kappa shape index (κ3) is 2.49. The van der Waals surface area contributed by atoms with Gasteiger partial charge in [-0.1, -0.05) is 36.4 Å². The Balaban J connectivity index is 2.24. The molecule has 3 aromatic carbocycles. The van der Waals surface area contributed by atoms with Gasteiger partial charge < -0.3 is 0 Å². The number of rotatable bonds is 2. The molecule has 0 N–H and O–H groups in total. The molecule has 0 fully saturated rings. The topological polar surface area (TPSA) is 17.1 Å². The summed E-state index contributed by atoms with van der Waals surface area (Å²) in [5, 5.41) is 1.93. The molecule has 0 radical (unpaired) electrons. The van der Waals surface area contributed by atoms with Crippen molar-refractivity contribution in [2.75, 3.05) is 0 Å². The Hall–Kier alpha value is -2.00. The predicted octanol–water partition coefficient (Wildman–Crippen LogP) is 5.28. The molecule has 0 spiro atoms. The van der Waals surface area contributed by atoms with Gasteiger partial charge in [-0.15, -0.1) is 0 Å². The van der Waals surface area contributed by atoms with Crippen LogP contribution in [-0.2, 0) is 0 Å². The molecular weight excluding hydrogens is 331 g/mol. The summed E-state index contributed by atoms with van der Waals surface area (Å²) in [6, 6.07) is 15.8. The SMILES string of the molecule is Cc1ccc2ccccc2c1C(=O)c1ccc(F)cc1Br. The first-order chi connectivity index (χ1) is 10.1. The van der Waals surface area contributed by atoms with Crippen LogP contribution in [0.3, 0.4) is 0 Å². The van der Waals surface area contributed by atoms with Crippen molar-refractivity contribution >= 4 is 32.5 Å². The zero-order valence-corrected chi connectivity index (χ0v) is 12.9. The van der Waals surface area contributed by atoms with Crippen LogP contribution in [0.2, 0.25) is 0 Å². The Morgan fingerprint density at radius 3 is 2.57 bits per heavy atom. The molecule has 0 heterocycles. The van der Waals surface area contributed by atoms with Gasteiger partial charge in [0.25, 0.3) is 0 Å². The highest BCUT2D eigenvalue weighted by molar-refractivity contribution is 9.10. The maximum Gasteiger partial charge on any atom is 0.195 e. The molecule has 3 aromatic rings. The predicted molar refractivity (Wildman–Crippen MR) is 86.2 cm³/mol. The van der Waals surface area contributed by atoms with Crippen LogP contribution in [0.25, 0.3) is 10.8 Å². The van der Waals surface area contributed by atoms with Crippen molar-refractivity contribution in [1.29, 1.82) is 0 Å². The second-order valence-electron chi connectivity index (χ2n) is 4.93. The molecule has 0 amide bonds. The number of aryl methyl sites for hydroxylation is 1. The molecule has 104 valence electrons. The summed E-state index contributed by atoms with van der Waals surface area (Å²) in [7, 11) is 0. The van der Waals surface area contributed by atoms with Gasteiger partial charge in [0.15, 0.2) is 5.78 Å². The van der Waals surface area contributed by atoms with Crippen LogP contribution in [0.4, 0.5) is 4.39 Å². The van der Waals surface area contributed by atoms with Gasteiger partial charge in [-0.2, -0.15) is 0 Å². The van der Waals surface area contributed by atoms with E-state index in [1.54, 1.807) is 0 Å². The summed E-state index contributed by atoms with van der Waals surface area (Å²) < 4.78 is 13.7. The smallest absolute Gasteiger partial charge is 0.195 e. The van der Waals surface area contributed by atoms with Crippen LogP contribution < -0.4 is 0 Å². The third-order valence-electron chi connectivity index (χ3n) is 3.54. The second-order valence-corrected chi connectivity index (χ2v) is 5.79. The van der Waals surface area contributed by atoms with Crippen molar-refractivity contribution in [3.05, 3.63) is 81.6 Å². The summed E-state index contributed by atoms with van der Waals surface area (Å²) in [5.41, 5.74) is 2.05. The summed E-state index contributed by atoms with van der Waals surface area (Å²) in [5.74, 6) is -0.468. The molecule has 0 aliphatic heterocycles. The van der Waals surface area contributed by atoms with Crippen LogP contribution >= 0.6 is 15.9 Å². The minimum Gasteiger partial charge on any atom is -0.289 e. The fourth-order valence-corrected chi connectivity index (χ4v) is 3.02. The van der Waals surface area contributed by atoms with Gasteiger partial charge in [0.2, 0.25) is 0 Å². The fourth-order valence-electron chi connectivity index (χ4n) is 2.49. The molecule has 0 saturated carbocycles. The summed E-state index contributed by atoms with van der Waals surface area (Å²) >= 11 is 3.27. The maximum absolute atomic E-state index is 13.2. The van der Waals surface area contributed by atoms with Crippen molar-refractivity contribution in [3.63, 3.8) is 0 Å². The number of carbonyl (C=O) groups excluding carboxylic acids is 1. The van der Waals surface area contributed by atoms with Gasteiger partial charge in [0.05, 0.1) is 0 Å². The zero-order valence-electron chi connectivity index (χ0n) is 11.4. The van der Waals surface area contributed by atoms with E-state index in [0.717, 1.165) is 16.3 Å². The van der Waals surface area contributed by atoms with Crippen LogP contribution in [0.15, 0.2) is 59.1 Å². The van der Waals surface area contributed by atoms with Crippen molar-refractivity contribution in [2.24, 2.45) is 0 Å². The molecule has 1 nitrogen and oxygen atoms in total. The van der Waals surface area contributed by atoms with Crippen LogP contribution in [0.1, 0.15) is 21.5 Å². The molecular formula is C18H12BrFO. The maximum atomic E-state index is 13.2. The number of benzene rings is 3. The molecule has 0 unspecified atom stereocenters. The zero-order chi connectivity index (χ0) is 15.0. The highest BCUT2D eigenvalue weighted by Gasteiger charge is 2.17. The molecule has 3 heteroatoms. The number of fused-ring (bicyclic) bond motifs is 1. The largest absolute Gasteiger partial charge is 0.289 e. The quantitative estimate of drug-likeness (QED) is 0.579. The van der Waals surface area contributed by atoms with Gasteiger partial charge in [0.1, 0.15) is 5.82 Å². The van der Waals surface area contributed by atoms with E-state index in [4.69, 9.17) is 0 Å². The van der Waals surface area contributed by atoms with Gasteiger partial charge in [0, 0.05) is 15.6 Å². The number of carbonyl (C=O) groups is 1. The lowest BCUT2D eigenvalue weighted by Crippen LogP contribution is -2.06. The minimum atomic E-state index is -0.368. The van der Waals surface area contributed by atoms with Crippen molar-refractivity contribution in [3.8, 4) is 0 Å². The highest BCUT2D eigenvalue weighted by Crippen LogP contribution is 2.28. The molecule has 0 aromatic heterocycles. The van der Waals surface area contributed by atoms with E-state index in [0.29, 0.717) is 15.6 Å². The van der Waals surface area contributed by atoms with E-state index in [9.17, 15) is 9.18 Å². The normalized spacial score (nSPS) is 10.8. The van der Waals surface area contributed by atoms with E-state index >= 15 is 0 Å². The average molecular weight is 343 g/mol. The summed E-state index contributed by atoms with van der Waals surface area (Å²) in [6.45, 7) is 1.91. The molecule has 0 aliphatic carbocycles. The standard InChI is InChI=1S/C18H12BrFO/c1-11-6-7-12-4-2-3-5-14(12)17(11)18(21)15-9-8-13(20)10-16(15)19/h2-10H,1H3. The summed E-state index contributed by atoms with van der Waals surface area (Å²) in [6.07, 6.45) is 0. The van der Waals surface area contributed by atoms with Crippen molar-refractivity contribution in [2.45, 2.75) is 6.92 Å². The van der Waals surface area contributed by atoms with Crippen LogP contribution in [0.5, 0.6) is 0 Å². The van der Waals surface area contributed by atoms with Gasteiger partial charge in [-0.3, -0.25) is 4.79 Å². The average Bonchev–Trinajstić information content (AvgIpc) is 2.46. The van der Waals surface area contributed by atoms with E-state index in [1.807, 2.05) is 43.3 Å². The monoisotopic (exact) mass is 342 g/mol. The van der Waals surface area contributed by atoms with Crippen LogP contribution in [-0.4, -0.2) is 5.78 Å². The highest BCUT2D eigenvalue weighted by atomic mass is 79.9. The number of halogens is 2. The molecule has 21 heavy (non-hydrogen) atoms. The van der Waals surface area contributed by atoms with Gasteiger partial charge >= 0.3 is 0 Å². The van der Waals surface area contributed by atoms with E-state index in [2.05, 4.69) is 15.9 Å². The number of ketones is 1. The third-order valence-corrected chi connectivity index (χ3v) is 4.20. The van der Waals surface area contributed by atoms with Gasteiger partial charge in [-0.05, 0) is 57.4 Å². The first kappa shape index (κ1) is 14.0. The first-order valence-electron chi connectivity index (χ1n) is 6.56. The van der Waals surface area contributed by atoms with Crippen molar-refractivity contribution in [1.82, 2.24) is 0 Å². The lowest BCUT2D eigenvalue weighted by atomic mass is 9.93. The minimum absolute atomic E-state index is 0.101. The Morgan fingerprint density at radius 1 is 1.05 bits per heavy atom. The lowest BCUT2D eigenvalue weighted by Gasteiger charge is -2.10. The van der Waals surface area contributed by atoms with Crippen LogP contribution in [0, 0.1) is 12.7 Å². The Bertz CT molecular complexity index is 855. The molecule has 0 aliphatic rings. The second kappa shape index (κ2) is 5.41. The Kier molecular flexibility index (Phi) is 3.60. The molecule has 0 saturated heterocycles. The molecule has 3 rings (SSSR count). The van der Waals surface area contributed by atoms with E-state index < -0.39 is 0 Å². The lowest BCUT2D eigenvalue weighted by molar-refractivity contribution is 0.103. The van der Waals surface area contributed by atoms with Crippen molar-refractivity contribution < 1.29 is 9.18 Å². The van der Waals surface area contributed by atoms with E-state index in [-0.39, 0.29) is 11.6 Å². The summed E-state index contributed by atoms with van der Waals surface area (Å²) in [4.78, 5) is 12.9. The number of hydrogen-bond donors (Lipinski definition) is 0. The van der Waals surface area contributed by atoms with Gasteiger partial charge in [-0.25, -0.2) is 4.39 Å². The first-order valence-corrected chi connectivity index (χ1v) is 7.35.